The molecule has 0 bridgehead atoms. The topological polar surface area (TPSA) is 18.1 Å². The van der Waals surface area contributed by atoms with E-state index in [1.807, 2.05) is 6.07 Å². The molecule has 0 aliphatic heterocycles. The van der Waals surface area contributed by atoms with E-state index < -0.39 is 0 Å². The average molecular weight is 676 g/mol. The van der Waals surface area contributed by atoms with Crippen LogP contribution in [0.4, 0.5) is 0 Å². The first-order valence-corrected chi connectivity index (χ1v) is 18.5. The normalized spacial score (nSPS) is 13.6. The van der Waals surface area contributed by atoms with E-state index in [1.54, 1.807) is 0 Å². The second-order valence-electron chi connectivity index (χ2n) is 15.3. The van der Waals surface area contributed by atoms with Crippen LogP contribution >= 0.6 is 0 Å². The number of benzene rings is 9. The number of aromatic nitrogens is 1. The molecular formula is C51H33NO. The van der Waals surface area contributed by atoms with Gasteiger partial charge >= 0.3 is 0 Å². The predicted octanol–water partition coefficient (Wildman–Crippen LogP) is 14.1. The molecule has 2 heterocycles. The van der Waals surface area contributed by atoms with Gasteiger partial charge in [0, 0.05) is 32.6 Å². The lowest BCUT2D eigenvalue weighted by Gasteiger charge is -2.24. The van der Waals surface area contributed by atoms with Gasteiger partial charge in [-0.05, 0) is 108 Å². The van der Waals surface area contributed by atoms with Crippen molar-refractivity contribution in [3.63, 3.8) is 0 Å². The van der Waals surface area contributed by atoms with Gasteiger partial charge in [-0.3, -0.25) is 0 Å². The SMILES string of the molecule is CC1(C)c2cc3c(cc2-c2ccc4c5ccccc5n(-c5ccc(-c6ccc7c8ccccc8c8ccccc8c7c6)cc5)c4c21)oc1ccccc13. The fourth-order valence-electron chi connectivity index (χ4n) is 9.72. The summed E-state index contributed by atoms with van der Waals surface area (Å²) in [6, 6.07) is 60.3. The second kappa shape index (κ2) is 10.2. The molecular weight excluding hydrogens is 643 g/mol. The molecule has 2 nitrogen and oxygen atoms in total. The minimum Gasteiger partial charge on any atom is -0.456 e. The van der Waals surface area contributed by atoms with E-state index in [0.29, 0.717) is 0 Å². The van der Waals surface area contributed by atoms with Gasteiger partial charge in [-0.25, -0.2) is 0 Å². The maximum Gasteiger partial charge on any atom is 0.136 e. The van der Waals surface area contributed by atoms with Gasteiger partial charge < -0.3 is 8.98 Å². The van der Waals surface area contributed by atoms with E-state index >= 15 is 0 Å². The highest BCUT2D eigenvalue weighted by molar-refractivity contribution is 6.25. The van der Waals surface area contributed by atoms with Gasteiger partial charge in [-0.15, -0.1) is 0 Å². The fourth-order valence-corrected chi connectivity index (χ4v) is 9.72. The molecule has 53 heavy (non-hydrogen) atoms. The molecule has 0 N–H and O–H groups in total. The molecule has 0 amide bonds. The minimum atomic E-state index is -0.221. The van der Waals surface area contributed by atoms with Crippen molar-refractivity contribution in [2.24, 2.45) is 0 Å². The van der Waals surface area contributed by atoms with Crippen molar-refractivity contribution in [1.82, 2.24) is 4.57 Å². The molecule has 0 radical (unpaired) electrons. The van der Waals surface area contributed by atoms with Gasteiger partial charge in [0.05, 0.1) is 11.0 Å². The van der Waals surface area contributed by atoms with Crippen molar-refractivity contribution < 1.29 is 4.42 Å². The quantitative estimate of drug-likeness (QED) is 0.167. The molecule has 9 aromatic carbocycles. The van der Waals surface area contributed by atoms with Crippen LogP contribution in [0.3, 0.4) is 0 Å². The zero-order chi connectivity index (χ0) is 35.0. The van der Waals surface area contributed by atoms with E-state index in [0.717, 1.165) is 16.9 Å². The first-order valence-electron chi connectivity index (χ1n) is 18.5. The van der Waals surface area contributed by atoms with Crippen LogP contribution in [0.2, 0.25) is 0 Å². The summed E-state index contributed by atoms with van der Waals surface area (Å²) < 4.78 is 8.90. The Morgan fingerprint density at radius 1 is 0.415 bits per heavy atom. The fraction of sp³-hybridized carbons (Fsp3) is 0.0588. The number of furan rings is 1. The van der Waals surface area contributed by atoms with Gasteiger partial charge in [0.25, 0.3) is 0 Å². The Labute approximate surface area is 306 Å². The van der Waals surface area contributed by atoms with Crippen molar-refractivity contribution in [2.45, 2.75) is 19.3 Å². The summed E-state index contributed by atoms with van der Waals surface area (Å²) >= 11 is 0. The lowest BCUT2D eigenvalue weighted by atomic mass is 9.81. The Hall–Kier alpha value is -6.64. The highest BCUT2D eigenvalue weighted by Crippen LogP contribution is 2.54. The Kier molecular flexibility index (Phi) is 5.60. The van der Waals surface area contributed by atoms with Gasteiger partial charge in [0.15, 0.2) is 0 Å². The number of hydrogen-bond acceptors (Lipinski definition) is 1. The van der Waals surface area contributed by atoms with Crippen LogP contribution in [-0.4, -0.2) is 4.57 Å². The molecule has 0 saturated heterocycles. The Morgan fingerprint density at radius 3 is 1.74 bits per heavy atom. The smallest absolute Gasteiger partial charge is 0.136 e. The molecule has 1 aliphatic carbocycles. The van der Waals surface area contributed by atoms with E-state index in [1.165, 1.54) is 98.3 Å². The minimum absolute atomic E-state index is 0.221. The number of para-hydroxylation sites is 2. The summed E-state index contributed by atoms with van der Waals surface area (Å²) in [5.74, 6) is 0. The second-order valence-corrected chi connectivity index (χ2v) is 15.3. The third-order valence-corrected chi connectivity index (χ3v) is 12.1. The van der Waals surface area contributed by atoms with E-state index in [4.69, 9.17) is 4.42 Å². The summed E-state index contributed by atoms with van der Waals surface area (Å²) in [6.07, 6.45) is 0. The highest BCUT2D eigenvalue weighted by Gasteiger charge is 2.39. The number of nitrogens with zero attached hydrogens (tertiary/aromatic N) is 1. The summed E-state index contributed by atoms with van der Waals surface area (Å²) in [5, 5.41) is 12.7. The maximum atomic E-state index is 6.40. The molecule has 1 aliphatic rings. The van der Waals surface area contributed by atoms with Crippen LogP contribution in [0.15, 0.2) is 168 Å². The molecule has 248 valence electrons. The third kappa shape index (κ3) is 3.82. The zero-order valence-electron chi connectivity index (χ0n) is 29.4. The van der Waals surface area contributed by atoms with E-state index in [-0.39, 0.29) is 5.41 Å². The molecule has 0 fully saturated rings. The van der Waals surface area contributed by atoms with Crippen molar-refractivity contribution in [3.8, 4) is 27.9 Å². The number of fused-ring (bicyclic) bond motifs is 16. The van der Waals surface area contributed by atoms with Crippen LogP contribution in [0.25, 0.3) is 104 Å². The first-order chi connectivity index (χ1) is 26.0. The van der Waals surface area contributed by atoms with E-state index in [9.17, 15) is 0 Å². The molecule has 0 atom stereocenters. The summed E-state index contributed by atoms with van der Waals surface area (Å²) in [4.78, 5) is 0. The number of rotatable bonds is 2. The summed E-state index contributed by atoms with van der Waals surface area (Å²) in [7, 11) is 0. The van der Waals surface area contributed by atoms with Crippen LogP contribution < -0.4 is 0 Å². The van der Waals surface area contributed by atoms with Crippen LogP contribution in [0, 0.1) is 0 Å². The van der Waals surface area contributed by atoms with Gasteiger partial charge in [0.1, 0.15) is 11.2 Å². The van der Waals surface area contributed by atoms with Crippen LogP contribution in [0.1, 0.15) is 25.0 Å². The number of hydrogen-bond donors (Lipinski definition) is 0. The molecule has 11 aromatic rings. The zero-order valence-corrected chi connectivity index (χ0v) is 29.4. The molecule has 2 heteroatoms. The lowest BCUT2D eigenvalue weighted by Crippen LogP contribution is -2.16. The molecule has 0 unspecified atom stereocenters. The Bertz CT molecular complexity index is 3320. The third-order valence-electron chi connectivity index (χ3n) is 12.1. The monoisotopic (exact) mass is 675 g/mol. The van der Waals surface area contributed by atoms with Crippen molar-refractivity contribution in [3.05, 3.63) is 175 Å². The molecule has 12 rings (SSSR count). The maximum absolute atomic E-state index is 6.40. The van der Waals surface area contributed by atoms with Crippen molar-refractivity contribution >= 4 is 76.1 Å². The standard InChI is InChI=1S/C51H33NO/c1-51(2)45-28-44-39-16-8-10-18-47(39)53-48(44)29-43(45)40-25-26-41-38-15-7-9-17-46(38)52(50(41)49(40)51)32-22-19-30(20-23-32)31-21-24-37-35-13-4-3-11-33(35)34-12-5-6-14-36(34)42(37)27-31/h3-29H,1-2H3. The largest absolute Gasteiger partial charge is 0.456 e. The average Bonchev–Trinajstić information content (AvgIpc) is 3.82. The lowest BCUT2D eigenvalue weighted by molar-refractivity contribution is 0.660. The van der Waals surface area contributed by atoms with Crippen LogP contribution in [-0.2, 0) is 5.41 Å². The first kappa shape index (κ1) is 29.0. The van der Waals surface area contributed by atoms with Gasteiger partial charge in [0.2, 0.25) is 0 Å². The molecule has 0 saturated carbocycles. The summed E-state index contributed by atoms with van der Waals surface area (Å²) in [5.41, 5.74) is 13.0. The Balaban J connectivity index is 1.05. The summed E-state index contributed by atoms with van der Waals surface area (Å²) in [6.45, 7) is 4.78. The predicted molar refractivity (Wildman–Crippen MR) is 224 cm³/mol. The molecule has 0 spiro atoms. The van der Waals surface area contributed by atoms with Gasteiger partial charge in [-0.2, -0.15) is 0 Å². The van der Waals surface area contributed by atoms with Gasteiger partial charge in [-0.1, -0.05) is 135 Å². The van der Waals surface area contributed by atoms with Crippen LogP contribution in [0.5, 0.6) is 0 Å². The molecule has 2 aromatic heterocycles. The Morgan fingerprint density at radius 2 is 1.00 bits per heavy atom. The van der Waals surface area contributed by atoms with Crippen molar-refractivity contribution in [1.29, 1.82) is 0 Å². The van der Waals surface area contributed by atoms with E-state index in [2.05, 4.69) is 176 Å². The van der Waals surface area contributed by atoms with Crippen molar-refractivity contribution in [2.75, 3.05) is 0 Å². The highest BCUT2D eigenvalue weighted by atomic mass is 16.3.